The monoisotopic (exact) mass is 343 g/mol. The average molecular weight is 343 g/mol. The number of hydrogen-bond donors (Lipinski definition) is 0. The molecule has 4 rings (SSSR count). The summed E-state index contributed by atoms with van der Waals surface area (Å²) in [5, 5.41) is 4.44. The molecule has 0 aliphatic heterocycles. The van der Waals surface area contributed by atoms with Crippen molar-refractivity contribution in [3.63, 3.8) is 0 Å². The molecule has 0 bridgehead atoms. The number of rotatable bonds is 4. The highest BCUT2D eigenvalue weighted by atomic mass is 16.1. The van der Waals surface area contributed by atoms with Crippen LogP contribution in [0.3, 0.4) is 0 Å². The zero-order valence-electron chi connectivity index (χ0n) is 14.3. The summed E-state index contributed by atoms with van der Waals surface area (Å²) < 4.78 is 3.23. The molecule has 0 radical (unpaired) electrons. The lowest BCUT2D eigenvalue weighted by Gasteiger charge is -2.06. The van der Waals surface area contributed by atoms with E-state index in [-0.39, 0.29) is 5.56 Å². The van der Waals surface area contributed by atoms with Gasteiger partial charge in [-0.2, -0.15) is 5.10 Å². The highest BCUT2D eigenvalue weighted by Gasteiger charge is 2.11. The van der Waals surface area contributed by atoms with Gasteiger partial charge in [-0.05, 0) is 0 Å². The molecule has 0 fully saturated rings. The van der Waals surface area contributed by atoms with Crippen molar-refractivity contribution in [1.29, 1.82) is 0 Å². The van der Waals surface area contributed by atoms with Gasteiger partial charge in [-0.15, -0.1) is 0 Å². The molecule has 0 saturated carbocycles. The van der Waals surface area contributed by atoms with E-state index in [1.54, 1.807) is 17.1 Å². The van der Waals surface area contributed by atoms with Crippen molar-refractivity contribution in [2.45, 2.75) is 6.54 Å². The summed E-state index contributed by atoms with van der Waals surface area (Å²) in [4.78, 5) is 21.4. The van der Waals surface area contributed by atoms with E-state index in [2.05, 4.69) is 15.1 Å². The minimum Gasteiger partial charge on any atom is -0.292 e. The van der Waals surface area contributed by atoms with Gasteiger partial charge < -0.3 is 0 Å². The molecule has 0 atom stereocenters. The first-order valence-electron chi connectivity index (χ1n) is 8.28. The van der Waals surface area contributed by atoms with Crippen molar-refractivity contribution in [3.8, 4) is 22.6 Å². The number of aryl methyl sites for hydroxylation is 1. The molecule has 2 aromatic heterocycles. The molecule has 2 aromatic carbocycles. The Morgan fingerprint density at radius 1 is 0.923 bits per heavy atom. The number of hydrogen-bond acceptors (Lipinski definition) is 4. The van der Waals surface area contributed by atoms with Crippen LogP contribution < -0.4 is 5.56 Å². The van der Waals surface area contributed by atoms with E-state index in [9.17, 15) is 4.79 Å². The minimum atomic E-state index is -0.122. The lowest BCUT2D eigenvalue weighted by atomic mass is 10.1. The number of aromatic nitrogens is 5. The van der Waals surface area contributed by atoms with Crippen LogP contribution >= 0.6 is 0 Å². The fourth-order valence-electron chi connectivity index (χ4n) is 2.73. The smallest absolute Gasteiger partial charge is 0.254 e. The van der Waals surface area contributed by atoms with Gasteiger partial charge in [-0.25, -0.2) is 9.97 Å². The van der Waals surface area contributed by atoms with Gasteiger partial charge in [0.25, 0.3) is 5.56 Å². The molecule has 0 unspecified atom stereocenters. The van der Waals surface area contributed by atoms with Crippen LogP contribution in [-0.4, -0.2) is 24.3 Å². The van der Waals surface area contributed by atoms with E-state index < -0.39 is 0 Å². The van der Waals surface area contributed by atoms with E-state index >= 15 is 0 Å². The Balaban J connectivity index is 1.62. The fraction of sp³-hybridized carbons (Fsp3) is 0.100. The standard InChI is InChI=1S/C20H17N5O/c1-24-18(22-20(23-24)16-10-6-3-7-11-16)13-25-14-21-17(12-19(25)26)15-8-4-2-5-9-15/h2-12,14H,13H2,1H3. The molecular weight excluding hydrogens is 326 g/mol. The van der Waals surface area contributed by atoms with Crippen molar-refractivity contribution in [2.75, 3.05) is 0 Å². The molecule has 0 aliphatic carbocycles. The second-order valence-electron chi connectivity index (χ2n) is 5.95. The maximum atomic E-state index is 12.5. The lowest BCUT2D eigenvalue weighted by Crippen LogP contribution is -2.22. The summed E-state index contributed by atoms with van der Waals surface area (Å²) in [6, 6.07) is 21.0. The van der Waals surface area contributed by atoms with Gasteiger partial charge in [-0.1, -0.05) is 60.7 Å². The molecule has 4 aromatic rings. The molecule has 26 heavy (non-hydrogen) atoms. The normalized spacial score (nSPS) is 10.8. The Hall–Kier alpha value is -3.54. The number of nitrogens with zero attached hydrogens (tertiary/aromatic N) is 5. The predicted octanol–water partition coefficient (Wildman–Crippen LogP) is 2.75. The van der Waals surface area contributed by atoms with Gasteiger partial charge in [0.1, 0.15) is 5.82 Å². The van der Waals surface area contributed by atoms with Crippen molar-refractivity contribution in [3.05, 3.63) is 89.2 Å². The Kier molecular flexibility index (Phi) is 4.15. The topological polar surface area (TPSA) is 65.6 Å². The Labute approximate surface area is 150 Å². The zero-order chi connectivity index (χ0) is 17.9. The van der Waals surface area contributed by atoms with Gasteiger partial charge in [0, 0.05) is 24.2 Å². The summed E-state index contributed by atoms with van der Waals surface area (Å²) in [5.74, 6) is 1.34. The van der Waals surface area contributed by atoms with Gasteiger partial charge in [-0.3, -0.25) is 14.0 Å². The zero-order valence-corrected chi connectivity index (χ0v) is 14.3. The predicted molar refractivity (Wildman–Crippen MR) is 99.5 cm³/mol. The quantitative estimate of drug-likeness (QED) is 0.571. The van der Waals surface area contributed by atoms with Crippen LogP contribution in [0.2, 0.25) is 0 Å². The second-order valence-corrected chi connectivity index (χ2v) is 5.95. The third-order valence-corrected chi connectivity index (χ3v) is 4.15. The number of benzene rings is 2. The summed E-state index contributed by atoms with van der Waals surface area (Å²) in [7, 11) is 1.82. The van der Waals surface area contributed by atoms with Gasteiger partial charge in [0.05, 0.1) is 18.6 Å². The van der Waals surface area contributed by atoms with E-state index in [0.29, 0.717) is 23.9 Å². The van der Waals surface area contributed by atoms with Crippen LogP contribution in [0, 0.1) is 0 Å². The van der Waals surface area contributed by atoms with Gasteiger partial charge in [0.2, 0.25) is 0 Å². The van der Waals surface area contributed by atoms with Crippen LogP contribution in [0.5, 0.6) is 0 Å². The van der Waals surface area contributed by atoms with E-state index in [0.717, 1.165) is 11.1 Å². The molecule has 2 heterocycles. The Morgan fingerprint density at radius 2 is 1.58 bits per heavy atom. The highest BCUT2D eigenvalue weighted by molar-refractivity contribution is 5.58. The Morgan fingerprint density at radius 3 is 2.23 bits per heavy atom. The maximum Gasteiger partial charge on any atom is 0.254 e. The first-order valence-corrected chi connectivity index (χ1v) is 8.28. The minimum absolute atomic E-state index is 0.122. The Bertz CT molecular complexity index is 1080. The molecular formula is C20H17N5O. The van der Waals surface area contributed by atoms with Crippen molar-refractivity contribution in [2.24, 2.45) is 7.05 Å². The summed E-state index contributed by atoms with van der Waals surface area (Å²) in [6.07, 6.45) is 1.56. The van der Waals surface area contributed by atoms with Gasteiger partial charge in [0.15, 0.2) is 5.82 Å². The highest BCUT2D eigenvalue weighted by Crippen LogP contribution is 2.16. The van der Waals surface area contributed by atoms with Crippen LogP contribution in [0.4, 0.5) is 0 Å². The third kappa shape index (κ3) is 3.17. The fourth-order valence-corrected chi connectivity index (χ4v) is 2.73. The molecule has 6 heteroatoms. The molecule has 0 N–H and O–H groups in total. The molecule has 0 aliphatic rings. The first-order chi connectivity index (χ1) is 12.7. The van der Waals surface area contributed by atoms with Crippen molar-refractivity contribution < 1.29 is 0 Å². The molecule has 0 saturated heterocycles. The molecule has 6 nitrogen and oxygen atoms in total. The third-order valence-electron chi connectivity index (χ3n) is 4.15. The summed E-state index contributed by atoms with van der Waals surface area (Å²) >= 11 is 0. The van der Waals surface area contributed by atoms with Gasteiger partial charge >= 0.3 is 0 Å². The van der Waals surface area contributed by atoms with E-state index in [1.807, 2.05) is 67.7 Å². The second kappa shape index (κ2) is 6.76. The summed E-state index contributed by atoms with van der Waals surface area (Å²) in [6.45, 7) is 0.317. The molecule has 0 spiro atoms. The largest absolute Gasteiger partial charge is 0.292 e. The molecule has 128 valence electrons. The molecule has 0 amide bonds. The maximum absolute atomic E-state index is 12.5. The van der Waals surface area contributed by atoms with Crippen LogP contribution in [-0.2, 0) is 13.6 Å². The lowest BCUT2D eigenvalue weighted by molar-refractivity contribution is 0.634. The SMILES string of the molecule is Cn1nc(-c2ccccc2)nc1Cn1cnc(-c2ccccc2)cc1=O. The van der Waals surface area contributed by atoms with Crippen LogP contribution in [0.25, 0.3) is 22.6 Å². The first kappa shape index (κ1) is 16.0. The summed E-state index contributed by atoms with van der Waals surface area (Å²) in [5.41, 5.74) is 2.40. The van der Waals surface area contributed by atoms with Crippen LogP contribution in [0.15, 0.2) is 77.9 Å². The average Bonchev–Trinajstić information content (AvgIpc) is 3.05. The van der Waals surface area contributed by atoms with Crippen LogP contribution in [0.1, 0.15) is 5.82 Å². The van der Waals surface area contributed by atoms with E-state index in [1.165, 1.54) is 4.57 Å². The van der Waals surface area contributed by atoms with E-state index in [4.69, 9.17) is 0 Å². The van der Waals surface area contributed by atoms with Crippen molar-refractivity contribution >= 4 is 0 Å². The van der Waals surface area contributed by atoms with Crippen molar-refractivity contribution in [1.82, 2.24) is 24.3 Å².